The normalized spacial score (nSPS) is 14.6. The van der Waals surface area contributed by atoms with Crippen molar-refractivity contribution in [3.8, 4) is 22.9 Å². The minimum Gasteiger partial charge on any atom is -0.481 e. The second-order valence-electron chi connectivity index (χ2n) is 7.06. The van der Waals surface area contributed by atoms with E-state index in [-0.39, 0.29) is 16.5 Å². The molecule has 1 atom stereocenters. The number of hydrogen-bond donors (Lipinski definition) is 2. The van der Waals surface area contributed by atoms with E-state index in [4.69, 9.17) is 14.6 Å². The van der Waals surface area contributed by atoms with Crippen LogP contribution in [0.15, 0.2) is 45.9 Å². The Morgan fingerprint density at radius 2 is 2.22 bits per heavy atom. The number of halogens is 1. The SMILES string of the molecule is COc1cc(-c2cc(F)cc(C)c2NC(=O)N=[S@@](N)(=O)c2cnn3c2OCCC3)ccn1. The first-order valence-electron chi connectivity index (χ1n) is 9.63. The van der Waals surface area contributed by atoms with Crippen molar-refractivity contribution in [3.63, 3.8) is 0 Å². The Morgan fingerprint density at radius 3 is 3.00 bits per heavy atom. The van der Waals surface area contributed by atoms with Crippen LogP contribution in [0.5, 0.6) is 11.8 Å². The molecular weight excluding hydrogens is 439 g/mol. The van der Waals surface area contributed by atoms with E-state index in [0.29, 0.717) is 35.7 Å². The molecule has 3 heterocycles. The van der Waals surface area contributed by atoms with Gasteiger partial charge in [-0.05, 0) is 36.2 Å². The molecule has 3 N–H and O–H groups in total. The van der Waals surface area contributed by atoms with E-state index in [1.165, 1.54) is 36.3 Å². The minimum atomic E-state index is -3.64. The minimum absolute atomic E-state index is 0.0438. The first-order valence-corrected chi connectivity index (χ1v) is 11.2. The molecule has 32 heavy (non-hydrogen) atoms. The number of pyridine rings is 1. The molecule has 2 amide bonds. The topological polar surface area (TPSA) is 134 Å². The highest BCUT2D eigenvalue weighted by Crippen LogP contribution is 2.33. The van der Waals surface area contributed by atoms with Gasteiger partial charge < -0.3 is 14.8 Å². The lowest BCUT2D eigenvalue weighted by Gasteiger charge is -2.16. The van der Waals surface area contributed by atoms with Crippen molar-refractivity contribution < 1.29 is 22.9 Å². The van der Waals surface area contributed by atoms with Gasteiger partial charge in [-0.15, -0.1) is 4.36 Å². The van der Waals surface area contributed by atoms with Gasteiger partial charge in [0.05, 0.1) is 25.6 Å². The number of nitrogens with two attached hydrogens (primary N) is 1. The summed E-state index contributed by atoms with van der Waals surface area (Å²) in [4.78, 5) is 16.8. The van der Waals surface area contributed by atoms with Gasteiger partial charge in [-0.25, -0.2) is 28.2 Å². The number of aromatic nitrogens is 3. The first kappa shape index (κ1) is 21.7. The molecule has 0 saturated carbocycles. The predicted octanol–water partition coefficient (Wildman–Crippen LogP) is 3.12. The smallest absolute Gasteiger partial charge is 0.354 e. The van der Waals surface area contributed by atoms with E-state index in [1.54, 1.807) is 19.1 Å². The van der Waals surface area contributed by atoms with E-state index < -0.39 is 21.8 Å². The number of aryl methyl sites for hydroxylation is 2. The summed E-state index contributed by atoms with van der Waals surface area (Å²) in [6.45, 7) is 2.64. The van der Waals surface area contributed by atoms with E-state index >= 15 is 0 Å². The fourth-order valence-corrected chi connectivity index (χ4v) is 4.38. The summed E-state index contributed by atoms with van der Waals surface area (Å²) in [5.41, 5.74) is 1.66. The van der Waals surface area contributed by atoms with Crippen molar-refractivity contribution in [1.29, 1.82) is 0 Å². The van der Waals surface area contributed by atoms with Gasteiger partial charge in [0.1, 0.15) is 10.7 Å². The van der Waals surface area contributed by atoms with Crippen LogP contribution in [0.1, 0.15) is 12.0 Å². The number of amides is 2. The molecule has 0 aliphatic carbocycles. The quantitative estimate of drug-likeness (QED) is 0.614. The molecule has 0 unspecified atom stereocenters. The van der Waals surface area contributed by atoms with Gasteiger partial charge in [0.15, 0.2) is 9.92 Å². The van der Waals surface area contributed by atoms with Crippen LogP contribution in [-0.4, -0.2) is 38.7 Å². The number of benzene rings is 1. The van der Waals surface area contributed by atoms with Crippen molar-refractivity contribution in [2.75, 3.05) is 19.0 Å². The molecule has 3 aromatic rings. The zero-order valence-corrected chi connectivity index (χ0v) is 18.2. The maximum Gasteiger partial charge on any atom is 0.354 e. The van der Waals surface area contributed by atoms with Crippen LogP contribution >= 0.6 is 0 Å². The molecule has 0 radical (unpaired) electrons. The molecule has 10 nitrogen and oxygen atoms in total. The summed E-state index contributed by atoms with van der Waals surface area (Å²) in [7, 11) is -2.18. The molecule has 0 bridgehead atoms. The number of nitrogens with one attached hydrogen (secondary N) is 1. The highest BCUT2D eigenvalue weighted by Gasteiger charge is 2.24. The van der Waals surface area contributed by atoms with E-state index in [2.05, 4.69) is 19.8 Å². The number of ether oxygens (including phenoxy) is 2. The van der Waals surface area contributed by atoms with Crippen LogP contribution in [0.25, 0.3) is 11.1 Å². The van der Waals surface area contributed by atoms with E-state index in [9.17, 15) is 13.4 Å². The average molecular weight is 460 g/mol. The third-order valence-electron chi connectivity index (χ3n) is 4.83. The van der Waals surface area contributed by atoms with Gasteiger partial charge in [-0.3, -0.25) is 0 Å². The maximum atomic E-state index is 14.2. The number of urea groups is 1. The fourth-order valence-electron chi connectivity index (χ4n) is 3.37. The molecule has 168 valence electrons. The van der Waals surface area contributed by atoms with E-state index in [1.807, 2.05) is 0 Å². The van der Waals surface area contributed by atoms with Crippen LogP contribution in [-0.2, 0) is 16.5 Å². The van der Waals surface area contributed by atoms with Gasteiger partial charge in [-0.2, -0.15) is 5.10 Å². The molecule has 2 aromatic heterocycles. The molecule has 1 aliphatic rings. The summed E-state index contributed by atoms with van der Waals surface area (Å²) in [6.07, 6.45) is 3.54. The highest BCUT2D eigenvalue weighted by molar-refractivity contribution is 7.91. The van der Waals surface area contributed by atoms with Crippen LogP contribution in [0.3, 0.4) is 0 Å². The Labute approximate surface area is 183 Å². The van der Waals surface area contributed by atoms with Crippen molar-refractivity contribution in [3.05, 3.63) is 48.0 Å². The van der Waals surface area contributed by atoms with E-state index in [0.717, 1.165) is 6.42 Å². The standard InChI is InChI=1S/C20H21FN6O4S/c1-12-8-14(21)10-15(13-4-5-23-17(9-13)30-2)18(12)25-20(28)26-32(22,29)16-11-24-27-6-3-7-31-19(16)27/h4-5,8-11H,3,6-7H2,1-2H3,(H3,22,25,26,28,29)/t32-/m1/s1. The number of anilines is 1. The largest absolute Gasteiger partial charge is 0.481 e. The first-order chi connectivity index (χ1) is 15.3. The molecule has 0 spiro atoms. The van der Waals surface area contributed by atoms with Crippen LogP contribution in [0.4, 0.5) is 14.9 Å². The Hall–Kier alpha value is -3.51. The summed E-state index contributed by atoms with van der Waals surface area (Å²) in [6, 6.07) is 4.82. The second-order valence-corrected chi connectivity index (χ2v) is 8.82. The van der Waals surface area contributed by atoms with Gasteiger partial charge in [-0.1, -0.05) is 0 Å². The Kier molecular flexibility index (Phi) is 5.80. The fraction of sp³-hybridized carbons (Fsp3) is 0.250. The van der Waals surface area contributed by atoms with Crippen LogP contribution in [0.2, 0.25) is 0 Å². The maximum absolute atomic E-state index is 14.2. The number of carbonyl (C=O) groups excluding carboxylic acids is 1. The molecule has 0 fully saturated rings. The lowest BCUT2D eigenvalue weighted by molar-refractivity contribution is 0.224. The lowest BCUT2D eigenvalue weighted by atomic mass is 10.0. The number of hydrogen-bond acceptors (Lipinski definition) is 6. The van der Waals surface area contributed by atoms with Crippen molar-refractivity contribution >= 4 is 21.6 Å². The van der Waals surface area contributed by atoms with Gasteiger partial charge in [0.25, 0.3) is 0 Å². The zero-order chi connectivity index (χ0) is 22.9. The second kappa shape index (κ2) is 8.55. The third kappa shape index (κ3) is 4.27. The molecular formula is C20H21FN6O4S. The zero-order valence-electron chi connectivity index (χ0n) is 17.4. The predicted molar refractivity (Wildman–Crippen MR) is 115 cm³/mol. The van der Waals surface area contributed by atoms with Crippen LogP contribution in [0, 0.1) is 12.7 Å². The van der Waals surface area contributed by atoms with Gasteiger partial charge in [0, 0.05) is 30.8 Å². The molecule has 0 saturated heterocycles. The third-order valence-corrected chi connectivity index (χ3v) is 6.18. The number of nitrogens with zero attached hydrogens (tertiary/aromatic N) is 4. The number of fused-ring (bicyclic) bond motifs is 1. The number of carbonyl (C=O) groups is 1. The number of rotatable bonds is 4. The Balaban J connectivity index is 1.70. The molecule has 12 heteroatoms. The Bertz CT molecular complexity index is 1320. The Morgan fingerprint density at radius 1 is 1.41 bits per heavy atom. The monoisotopic (exact) mass is 460 g/mol. The molecule has 1 aromatic carbocycles. The van der Waals surface area contributed by atoms with Crippen LogP contribution < -0.4 is 19.9 Å². The molecule has 1 aliphatic heterocycles. The van der Waals surface area contributed by atoms with Crippen molar-refractivity contribution in [1.82, 2.24) is 14.8 Å². The molecule has 4 rings (SSSR count). The summed E-state index contributed by atoms with van der Waals surface area (Å²) < 4.78 is 43.0. The number of methoxy groups -OCH3 is 1. The summed E-state index contributed by atoms with van der Waals surface area (Å²) in [5, 5.41) is 12.6. The lowest BCUT2D eigenvalue weighted by Crippen LogP contribution is -2.21. The average Bonchev–Trinajstić information content (AvgIpc) is 3.20. The van der Waals surface area contributed by atoms with Gasteiger partial charge in [0.2, 0.25) is 11.8 Å². The van der Waals surface area contributed by atoms with Gasteiger partial charge >= 0.3 is 6.03 Å². The van der Waals surface area contributed by atoms with Crippen molar-refractivity contribution in [2.24, 2.45) is 9.50 Å². The summed E-state index contributed by atoms with van der Waals surface area (Å²) >= 11 is 0. The highest BCUT2D eigenvalue weighted by atomic mass is 32.2. The van der Waals surface area contributed by atoms with Crippen molar-refractivity contribution in [2.45, 2.75) is 24.8 Å². The summed E-state index contributed by atoms with van der Waals surface area (Å²) in [5.74, 6) is 0.0691.